The molecule has 1 aromatic rings. The first-order valence-electron chi connectivity index (χ1n) is 6.58. The highest BCUT2D eigenvalue weighted by Crippen LogP contribution is 2.39. The Labute approximate surface area is 101 Å². The fourth-order valence-corrected chi connectivity index (χ4v) is 3.57. The van der Waals surface area contributed by atoms with Crippen LogP contribution in [0.25, 0.3) is 0 Å². The van der Waals surface area contributed by atoms with Crippen LogP contribution in [0.4, 0.5) is 0 Å². The van der Waals surface area contributed by atoms with E-state index in [1.54, 1.807) is 12.5 Å². The number of fused-ring (bicyclic) bond motifs is 1. The number of carbonyl (C=O) groups excluding carboxylic acids is 1. The number of hydrogen-bond acceptors (Lipinski definition) is 2. The Kier molecular flexibility index (Phi) is 2.65. The molecule has 1 saturated carbocycles. The number of imidazole rings is 1. The summed E-state index contributed by atoms with van der Waals surface area (Å²) in [6.07, 6.45) is 9.44. The molecular formula is C13H19N3O. The molecule has 4 heteroatoms. The summed E-state index contributed by atoms with van der Waals surface area (Å²) in [5, 5.41) is 0. The number of rotatable bonds is 1. The zero-order chi connectivity index (χ0) is 11.8. The number of amides is 1. The van der Waals surface area contributed by atoms with Crippen LogP contribution in [0.2, 0.25) is 0 Å². The summed E-state index contributed by atoms with van der Waals surface area (Å²) in [5.41, 5.74) is 0.628. The van der Waals surface area contributed by atoms with Crippen LogP contribution in [-0.4, -0.2) is 32.9 Å². The summed E-state index contributed by atoms with van der Waals surface area (Å²) in [5.74, 6) is 0.857. The van der Waals surface area contributed by atoms with Crippen LogP contribution in [0.5, 0.6) is 0 Å². The van der Waals surface area contributed by atoms with Crippen LogP contribution < -0.4 is 0 Å². The Hall–Kier alpha value is -1.32. The molecule has 3 unspecified atom stereocenters. The van der Waals surface area contributed by atoms with Crippen LogP contribution in [0, 0.1) is 5.92 Å². The van der Waals surface area contributed by atoms with Gasteiger partial charge >= 0.3 is 0 Å². The van der Waals surface area contributed by atoms with Gasteiger partial charge in [-0.25, -0.2) is 4.98 Å². The molecule has 3 atom stereocenters. The van der Waals surface area contributed by atoms with Gasteiger partial charge in [0.1, 0.15) is 5.69 Å². The van der Waals surface area contributed by atoms with Crippen LogP contribution >= 0.6 is 0 Å². The number of aromatic nitrogens is 2. The van der Waals surface area contributed by atoms with E-state index in [4.69, 9.17) is 0 Å². The number of aromatic amines is 1. The lowest BCUT2D eigenvalue weighted by Crippen LogP contribution is -2.42. The van der Waals surface area contributed by atoms with Crippen molar-refractivity contribution in [3.8, 4) is 0 Å². The van der Waals surface area contributed by atoms with Gasteiger partial charge in [-0.05, 0) is 32.1 Å². The van der Waals surface area contributed by atoms with E-state index in [0.29, 0.717) is 17.8 Å². The maximum absolute atomic E-state index is 12.4. The largest absolute Gasteiger partial charge is 0.341 e. The number of carbonyl (C=O) groups is 1. The highest BCUT2D eigenvalue weighted by Gasteiger charge is 2.42. The van der Waals surface area contributed by atoms with Crippen molar-refractivity contribution in [1.29, 1.82) is 0 Å². The maximum atomic E-state index is 12.4. The zero-order valence-electron chi connectivity index (χ0n) is 10.2. The summed E-state index contributed by atoms with van der Waals surface area (Å²) < 4.78 is 0. The molecule has 0 bridgehead atoms. The zero-order valence-corrected chi connectivity index (χ0v) is 10.2. The van der Waals surface area contributed by atoms with Crippen molar-refractivity contribution in [2.75, 3.05) is 0 Å². The van der Waals surface area contributed by atoms with E-state index in [-0.39, 0.29) is 5.91 Å². The van der Waals surface area contributed by atoms with Crippen LogP contribution in [-0.2, 0) is 0 Å². The van der Waals surface area contributed by atoms with Crippen LogP contribution in [0.1, 0.15) is 49.5 Å². The molecule has 2 aliphatic rings. The molecule has 1 amide bonds. The fourth-order valence-electron chi connectivity index (χ4n) is 3.57. The smallest absolute Gasteiger partial charge is 0.272 e. The van der Waals surface area contributed by atoms with Crippen molar-refractivity contribution in [3.05, 3.63) is 18.2 Å². The standard InChI is InChI=1S/C13H19N3O/c1-9-6-10-4-2-3-5-12(10)16(9)13(17)11-7-14-8-15-11/h7-10,12H,2-6H2,1H3,(H,14,15). The monoisotopic (exact) mass is 233 g/mol. The Morgan fingerprint density at radius 3 is 3.06 bits per heavy atom. The molecule has 1 N–H and O–H groups in total. The molecule has 17 heavy (non-hydrogen) atoms. The second kappa shape index (κ2) is 4.17. The van der Waals surface area contributed by atoms with Gasteiger partial charge < -0.3 is 9.88 Å². The van der Waals surface area contributed by atoms with E-state index in [1.807, 2.05) is 0 Å². The first-order chi connectivity index (χ1) is 8.27. The summed E-state index contributed by atoms with van der Waals surface area (Å²) >= 11 is 0. The van der Waals surface area contributed by atoms with E-state index in [1.165, 1.54) is 32.1 Å². The maximum Gasteiger partial charge on any atom is 0.272 e. The highest BCUT2D eigenvalue weighted by molar-refractivity contribution is 5.92. The van der Waals surface area contributed by atoms with Crippen molar-refractivity contribution in [2.24, 2.45) is 5.92 Å². The van der Waals surface area contributed by atoms with Crippen molar-refractivity contribution in [2.45, 2.75) is 51.1 Å². The second-order valence-corrected chi connectivity index (χ2v) is 5.37. The average Bonchev–Trinajstić information content (AvgIpc) is 2.94. The Morgan fingerprint density at radius 1 is 1.47 bits per heavy atom. The van der Waals surface area contributed by atoms with Crippen molar-refractivity contribution in [1.82, 2.24) is 14.9 Å². The number of nitrogens with one attached hydrogen (secondary N) is 1. The first kappa shape index (κ1) is 10.8. The van der Waals surface area contributed by atoms with Gasteiger partial charge in [0.05, 0.1) is 12.5 Å². The van der Waals surface area contributed by atoms with E-state index in [0.717, 1.165) is 5.92 Å². The summed E-state index contributed by atoms with van der Waals surface area (Å²) in [7, 11) is 0. The van der Waals surface area contributed by atoms with Gasteiger partial charge in [0.2, 0.25) is 0 Å². The molecule has 0 radical (unpaired) electrons. The van der Waals surface area contributed by atoms with E-state index in [2.05, 4.69) is 21.8 Å². The molecule has 4 nitrogen and oxygen atoms in total. The number of hydrogen-bond donors (Lipinski definition) is 1. The number of nitrogens with zero attached hydrogens (tertiary/aromatic N) is 2. The number of H-pyrrole nitrogens is 1. The Balaban J connectivity index is 1.84. The Bertz CT molecular complexity index is 401. The lowest BCUT2D eigenvalue weighted by molar-refractivity contribution is 0.0628. The summed E-state index contributed by atoms with van der Waals surface area (Å²) in [4.78, 5) is 21.4. The molecule has 2 fully saturated rings. The Morgan fingerprint density at radius 2 is 2.29 bits per heavy atom. The predicted molar refractivity (Wildman–Crippen MR) is 64.6 cm³/mol. The normalized spacial score (nSPS) is 32.5. The molecule has 1 aliphatic heterocycles. The van der Waals surface area contributed by atoms with Crippen molar-refractivity contribution in [3.63, 3.8) is 0 Å². The molecule has 1 saturated heterocycles. The molecule has 2 heterocycles. The summed E-state index contributed by atoms with van der Waals surface area (Å²) in [6, 6.07) is 0.841. The fraction of sp³-hybridized carbons (Fsp3) is 0.692. The third kappa shape index (κ3) is 1.75. The number of likely N-dealkylation sites (tertiary alicyclic amines) is 1. The molecule has 0 spiro atoms. The van der Waals surface area contributed by atoms with Gasteiger partial charge in [0.25, 0.3) is 5.91 Å². The quantitative estimate of drug-likeness (QED) is 0.808. The van der Waals surface area contributed by atoms with Crippen LogP contribution in [0.15, 0.2) is 12.5 Å². The minimum Gasteiger partial charge on any atom is -0.341 e. The SMILES string of the molecule is CC1CC2CCCCC2N1C(=O)c1cnc[nH]1. The highest BCUT2D eigenvalue weighted by atomic mass is 16.2. The molecule has 1 aliphatic carbocycles. The third-order valence-electron chi connectivity index (χ3n) is 4.31. The average molecular weight is 233 g/mol. The van der Waals surface area contributed by atoms with Gasteiger partial charge in [-0.1, -0.05) is 12.8 Å². The van der Waals surface area contributed by atoms with Gasteiger partial charge in [0.15, 0.2) is 0 Å². The molecule has 0 aromatic carbocycles. The minimum absolute atomic E-state index is 0.129. The molecule has 1 aromatic heterocycles. The van der Waals surface area contributed by atoms with Gasteiger partial charge in [-0.3, -0.25) is 4.79 Å². The summed E-state index contributed by atoms with van der Waals surface area (Å²) in [6.45, 7) is 2.17. The van der Waals surface area contributed by atoms with Gasteiger partial charge in [-0.15, -0.1) is 0 Å². The predicted octanol–water partition coefficient (Wildman–Crippen LogP) is 2.20. The second-order valence-electron chi connectivity index (χ2n) is 5.37. The van der Waals surface area contributed by atoms with Gasteiger partial charge in [0, 0.05) is 12.1 Å². The first-order valence-corrected chi connectivity index (χ1v) is 6.58. The molecule has 3 rings (SSSR count). The van der Waals surface area contributed by atoms with Crippen molar-refractivity contribution >= 4 is 5.91 Å². The topological polar surface area (TPSA) is 49.0 Å². The van der Waals surface area contributed by atoms with Crippen LogP contribution in [0.3, 0.4) is 0 Å². The van der Waals surface area contributed by atoms with Gasteiger partial charge in [-0.2, -0.15) is 0 Å². The van der Waals surface area contributed by atoms with E-state index < -0.39 is 0 Å². The van der Waals surface area contributed by atoms with E-state index in [9.17, 15) is 4.79 Å². The lowest BCUT2D eigenvalue weighted by Gasteiger charge is -2.32. The molecular weight excluding hydrogens is 214 g/mol. The lowest BCUT2D eigenvalue weighted by atomic mass is 9.85. The third-order valence-corrected chi connectivity index (χ3v) is 4.31. The molecule has 92 valence electrons. The van der Waals surface area contributed by atoms with E-state index >= 15 is 0 Å². The van der Waals surface area contributed by atoms with Crippen molar-refractivity contribution < 1.29 is 4.79 Å². The minimum atomic E-state index is 0.129.